The quantitative estimate of drug-likeness (QED) is 0.649. The molecule has 0 radical (unpaired) electrons. The van der Waals surface area contributed by atoms with Gasteiger partial charge >= 0.3 is 0 Å². The Morgan fingerprint density at radius 1 is 1.15 bits per heavy atom. The van der Waals surface area contributed by atoms with Crippen molar-refractivity contribution < 1.29 is 0 Å². The molecule has 0 aliphatic rings. The molecule has 2 unspecified atom stereocenters. The molecule has 0 rings (SSSR count). The first-order valence-electron chi connectivity index (χ1n) is 5.24. The molecule has 0 heterocycles. The van der Waals surface area contributed by atoms with Gasteiger partial charge in [-0.25, -0.2) is 0 Å². The van der Waals surface area contributed by atoms with Crippen LogP contribution in [0.2, 0.25) is 0 Å². The van der Waals surface area contributed by atoms with Crippen LogP contribution in [0, 0.1) is 17.2 Å². The Morgan fingerprint density at radius 3 is 2.00 bits per heavy atom. The number of nitriles is 1. The lowest BCUT2D eigenvalue weighted by Gasteiger charge is -2.20. The highest BCUT2D eigenvalue weighted by atomic mass is 32.2. The van der Waals surface area contributed by atoms with Gasteiger partial charge in [-0.1, -0.05) is 40.5 Å². The lowest BCUT2D eigenvalue weighted by atomic mass is 10.0. The molecule has 0 bridgehead atoms. The van der Waals surface area contributed by atoms with Crippen LogP contribution in [-0.4, -0.2) is 10.5 Å². The van der Waals surface area contributed by atoms with E-state index in [0.717, 1.165) is 19.3 Å². The summed E-state index contributed by atoms with van der Waals surface area (Å²) in [6.45, 7) is 8.74. The Labute approximate surface area is 86.9 Å². The van der Waals surface area contributed by atoms with E-state index in [1.165, 1.54) is 0 Å². The summed E-state index contributed by atoms with van der Waals surface area (Å²) < 4.78 is 0. The van der Waals surface area contributed by atoms with Crippen LogP contribution in [0.25, 0.3) is 0 Å². The van der Waals surface area contributed by atoms with E-state index < -0.39 is 0 Å². The average Bonchev–Trinajstić information content (AvgIpc) is 2.17. The van der Waals surface area contributed by atoms with E-state index in [1.54, 1.807) is 0 Å². The van der Waals surface area contributed by atoms with Crippen molar-refractivity contribution in [2.45, 2.75) is 57.5 Å². The molecule has 2 atom stereocenters. The highest BCUT2D eigenvalue weighted by Crippen LogP contribution is 2.28. The Bertz CT molecular complexity index is 158. The molecule has 0 aromatic rings. The fraction of sp³-hybridized carbons (Fsp3) is 0.909. The highest BCUT2D eigenvalue weighted by Gasteiger charge is 2.20. The van der Waals surface area contributed by atoms with Gasteiger partial charge < -0.3 is 0 Å². The van der Waals surface area contributed by atoms with E-state index in [1.807, 2.05) is 11.8 Å². The predicted molar refractivity (Wildman–Crippen MR) is 60.8 cm³/mol. The summed E-state index contributed by atoms with van der Waals surface area (Å²) in [5.74, 6) is 0.573. The van der Waals surface area contributed by atoms with Crippen molar-refractivity contribution in [2.24, 2.45) is 5.92 Å². The molecule has 0 aromatic heterocycles. The second-order valence-electron chi connectivity index (χ2n) is 3.48. The number of nitrogens with zero attached hydrogens (tertiary/aromatic N) is 1. The zero-order valence-corrected chi connectivity index (χ0v) is 10.0. The molecule has 0 aliphatic heterocycles. The van der Waals surface area contributed by atoms with Gasteiger partial charge in [0.25, 0.3) is 0 Å². The van der Waals surface area contributed by atoms with Crippen LogP contribution in [0.1, 0.15) is 47.0 Å². The molecule has 76 valence electrons. The van der Waals surface area contributed by atoms with Crippen LogP contribution in [0.4, 0.5) is 0 Å². The number of thioether (sulfide) groups is 1. The van der Waals surface area contributed by atoms with Gasteiger partial charge in [0.15, 0.2) is 0 Å². The van der Waals surface area contributed by atoms with E-state index in [-0.39, 0.29) is 5.25 Å². The van der Waals surface area contributed by atoms with Crippen LogP contribution in [0.3, 0.4) is 0 Å². The van der Waals surface area contributed by atoms with Gasteiger partial charge in [-0.05, 0) is 12.3 Å². The summed E-state index contributed by atoms with van der Waals surface area (Å²) in [6.07, 6.45) is 3.40. The number of rotatable bonds is 6. The second-order valence-corrected chi connectivity index (χ2v) is 5.07. The molecule has 0 fully saturated rings. The molecule has 0 N–H and O–H groups in total. The van der Waals surface area contributed by atoms with Gasteiger partial charge in [-0.3, -0.25) is 0 Å². The van der Waals surface area contributed by atoms with Crippen molar-refractivity contribution in [3.8, 4) is 6.07 Å². The van der Waals surface area contributed by atoms with Crippen molar-refractivity contribution in [1.82, 2.24) is 0 Å². The average molecular weight is 199 g/mol. The van der Waals surface area contributed by atoms with Crippen LogP contribution >= 0.6 is 11.8 Å². The smallest absolute Gasteiger partial charge is 0.0947 e. The molecule has 0 saturated carbocycles. The monoisotopic (exact) mass is 199 g/mol. The summed E-state index contributed by atoms with van der Waals surface area (Å²) in [5.41, 5.74) is 0. The molecular weight excluding hydrogens is 178 g/mol. The van der Waals surface area contributed by atoms with Crippen molar-refractivity contribution in [3.05, 3.63) is 0 Å². The Hall–Kier alpha value is -0.160. The third-order valence-electron chi connectivity index (χ3n) is 2.56. The standard InChI is InChI=1S/C11H21NS/c1-5-9(4)13-11(8-12)10(6-2)7-3/h9-11H,5-7H2,1-4H3. The number of hydrogen-bond acceptors (Lipinski definition) is 2. The summed E-state index contributed by atoms with van der Waals surface area (Å²) in [5, 5.41) is 9.85. The summed E-state index contributed by atoms with van der Waals surface area (Å²) in [6, 6.07) is 2.43. The topological polar surface area (TPSA) is 23.8 Å². The molecule has 0 saturated heterocycles. The minimum Gasteiger partial charge on any atom is -0.197 e. The Morgan fingerprint density at radius 2 is 1.69 bits per heavy atom. The Balaban J connectivity index is 4.09. The number of hydrogen-bond donors (Lipinski definition) is 0. The third-order valence-corrected chi connectivity index (χ3v) is 4.14. The van der Waals surface area contributed by atoms with Crippen molar-refractivity contribution in [1.29, 1.82) is 5.26 Å². The molecule has 0 aromatic carbocycles. The van der Waals surface area contributed by atoms with E-state index >= 15 is 0 Å². The van der Waals surface area contributed by atoms with Gasteiger partial charge in [0.05, 0.1) is 11.3 Å². The lowest BCUT2D eigenvalue weighted by Crippen LogP contribution is -2.16. The second kappa shape index (κ2) is 7.26. The first kappa shape index (κ1) is 12.8. The van der Waals surface area contributed by atoms with Crippen LogP contribution in [-0.2, 0) is 0 Å². The van der Waals surface area contributed by atoms with Gasteiger partial charge in [0.2, 0.25) is 0 Å². The fourth-order valence-electron chi connectivity index (χ4n) is 1.31. The fourth-order valence-corrected chi connectivity index (χ4v) is 2.67. The maximum Gasteiger partial charge on any atom is 0.0947 e. The van der Waals surface area contributed by atoms with Crippen LogP contribution in [0.5, 0.6) is 0 Å². The summed E-state index contributed by atoms with van der Waals surface area (Å²) in [7, 11) is 0. The Kier molecular flexibility index (Phi) is 7.17. The lowest BCUT2D eigenvalue weighted by molar-refractivity contribution is 0.513. The van der Waals surface area contributed by atoms with Crippen LogP contribution in [0.15, 0.2) is 0 Å². The molecule has 13 heavy (non-hydrogen) atoms. The largest absolute Gasteiger partial charge is 0.197 e. The predicted octanol–water partition coefficient (Wildman–Crippen LogP) is 3.85. The molecule has 0 amide bonds. The van der Waals surface area contributed by atoms with Gasteiger partial charge in [-0.2, -0.15) is 5.26 Å². The van der Waals surface area contributed by atoms with E-state index in [4.69, 9.17) is 5.26 Å². The highest BCUT2D eigenvalue weighted by molar-refractivity contribution is 8.00. The normalized spacial score (nSPS) is 15.4. The van der Waals surface area contributed by atoms with Crippen molar-refractivity contribution in [2.75, 3.05) is 0 Å². The molecule has 2 heteroatoms. The van der Waals surface area contributed by atoms with Crippen molar-refractivity contribution in [3.63, 3.8) is 0 Å². The molecule has 0 aliphatic carbocycles. The molecular formula is C11H21NS. The first-order chi connectivity index (χ1) is 6.19. The maximum atomic E-state index is 9.03. The van der Waals surface area contributed by atoms with Gasteiger partial charge in [0, 0.05) is 5.25 Å². The minimum absolute atomic E-state index is 0.199. The van der Waals surface area contributed by atoms with E-state index in [2.05, 4.69) is 33.8 Å². The summed E-state index contributed by atoms with van der Waals surface area (Å²) in [4.78, 5) is 0. The van der Waals surface area contributed by atoms with E-state index in [0.29, 0.717) is 11.2 Å². The van der Waals surface area contributed by atoms with Crippen LogP contribution < -0.4 is 0 Å². The van der Waals surface area contributed by atoms with Gasteiger partial charge in [0.1, 0.15) is 0 Å². The minimum atomic E-state index is 0.199. The third kappa shape index (κ3) is 4.57. The molecule has 0 spiro atoms. The zero-order valence-electron chi connectivity index (χ0n) is 9.21. The maximum absolute atomic E-state index is 9.03. The SMILES string of the molecule is CCC(C)SC(C#N)C(CC)CC. The van der Waals surface area contributed by atoms with Gasteiger partial charge in [-0.15, -0.1) is 11.8 Å². The first-order valence-corrected chi connectivity index (χ1v) is 6.18. The molecule has 1 nitrogen and oxygen atoms in total. The summed E-state index contributed by atoms with van der Waals surface area (Å²) >= 11 is 1.84. The van der Waals surface area contributed by atoms with E-state index in [9.17, 15) is 0 Å². The zero-order chi connectivity index (χ0) is 10.3. The van der Waals surface area contributed by atoms with Crippen molar-refractivity contribution >= 4 is 11.8 Å².